The molecule has 2 N–H and O–H groups in total. The zero-order chi connectivity index (χ0) is 13.9. The molecule has 0 bridgehead atoms. The first kappa shape index (κ1) is 13.0. The molecular weight excluding hydrogens is 328 g/mol. The molecule has 0 radical (unpaired) electrons. The molecule has 0 spiro atoms. The van der Waals surface area contributed by atoms with E-state index < -0.39 is 0 Å². The van der Waals surface area contributed by atoms with Crippen molar-refractivity contribution in [2.45, 2.75) is 13.0 Å². The summed E-state index contributed by atoms with van der Waals surface area (Å²) >= 11 is 3.22. The van der Waals surface area contributed by atoms with Crippen molar-refractivity contribution in [3.63, 3.8) is 0 Å². The lowest BCUT2D eigenvalue weighted by Gasteiger charge is -1.93. The normalized spacial score (nSPS) is 11.1. The second-order valence-electron chi connectivity index (χ2n) is 4.05. The van der Waals surface area contributed by atoms with Crippen molar-refractivity contribution in [3.05, 3.63) is 34.6 Å². The first-order valence-corrected chi connectivity index (χ1v) is 6.71. The molecule has 9 heteroatoms. The highest BCUT2D eigenvalue weighted by Crippen LogP contribution is 2.23. The van der Waals surface area contributed by atoms with Crippen LogP contribution in [-0.4, -0.2) is 31.7 Å². The Balaban J connectivity index is 1.73. The Labute approximate surface area is 122 Å². The second-order valence-corrected chi connectivity index (χ2v) is 4.83. The van der Waals surface area contributed by atoms with Gasteiger partial charge in [-0.25, -0.2) is 4.68 Å². The molecule has 0 saturated heterocycles. The lowest BCUT2D eigenvalue weighted by Crippen LogP contribution is -2.03. The molecule has 104 valence electrons. The monoisotopic (exact) mass is 338 g/mol. The number of nitrogens with zero attached hydrogens (tertiary/aromatic N) is 5. The fourth-order valence-corrected chi connectivity index (χ4v) is 1.97. The zero-order valence-electron chi connectivity index (χ0n) is 10.4. The van der Waals surface area contributed by atoms with Gasteiger partial charge in [0, 0.05) is 12.6 Å². The lowest BCUT2D eigenvalue weighted by molar-refractivity contribution is 0.451. The summed E-state index contributed by atoms with van der Waals surface area (Å²) in [6.45, 7) is 0.892. The first-order valence-electron chi connectivity index (χ1n) is 5.92. The molecule has 3 aromatic rings. The van der Waals surface area contributed by atoms with E-state index in [2.05, 4.69) is 36.4 Å². The minimum atomic E-state index is 0.327. The molecule has 3 aromatic heterocycles. The Kier molecular flexibility index (Phi) is 3.61. The lowest BCUT2D eigenvalue weighted by atomic mass is 10.3. The summed E-state index contributed by atoms with van der Waals surface area (Å²) < 4.78 is 13.1. The van der Waals surface area contributed by atoms with Crippen molar-refractivity contribution >= 4 is 15.9 Å². The van der Waals surface area contributed by atoms with Crippen LogP contribution in [-0.2, 0) is 13.0 Å². The molecule has 0 unspecified atom stereocenters. The number of halogens is 1. The standard InChI is InChI=1S/C11H11BrN6O2/c12-9-2-1-8(19-9)11-16-15-10(20-11)6-18-5-7(3-4-13)14-17-18/h1-2,5H,3-4,6,13H2. The second kappa shape index (κ2) is 5.55. The number of furan rings is 1. The van der Waals surface area contributed by atoms with Crippen LogP contribution in [0.1, 0.15) is 11.6 Å². The van der Waals surface area contributed by atoms with Gasteiger partial charge in [-0.1, -0.05) is 5.21 Å². The van der Waals surface area contributed by atoms with Crippen LogP contribution in [0.3, 0.4) is 0 Å². The Bertz CT molecular complexity index is 703. The smallest absolute Gasteiger partial charge is 0.283 e. The molecule has 3 heterocycles. The average Bonchev–Trinajstić information content (AvgIpc) is 3.12. The quantitative estimate of drug-likeness (QED) is 0.745. The summed E-state index contributed by atoms with van der Waals surface area (Å²) in [7, 11) is 0. The highest BCUT2D eigenvalue weighted by atomic mass is 79.9. The van der Waals surface area contributed by atoms with Gasteiger partial charge in [0.05, 0.1) is 5.69 Å². The van der Waals surface area contributed by atoms with Crippen LogP contribution in [0, 0.1) is 0 Å². The van der Waals surface area contributed by atoms with Gasteiger partial charge in [-0.2, -0.15) is 0 Å². The van der Waals surface area contributed by atoms with Gasteiger partial charge in [0.25, 0.3) is 5.89 Å². The largest absolute Gasteiger partial charge is 0.444 e. The Morgan fingerprint density at radius 3 is 2.85 bits per heavy atom. The van der Waals surface area contributed by atoms with E-state index in [0.717, 1.165) is 5.69 Å². The third-order valence-corrected chi connectivity index (χ3v) is 2.96. The molecular formula is C11H11BrN6O2. The number of aromatic nitrogens is 5. The molecule has 0 aliphatic heterocycles. The third kappa shape index (κ3) is 2.78. The molecule has 0 amide bonds. The van der Waals surface area contributed by atoms with Crippen molar-refractivity contribution in [1.29, 1.82) is 0 Å². The van der Waals surface area contributed by atoms with E-state index in [0.29, 0.717) is 41.7 Å². The van der Waals surface area contributed by atoms with Crippen molar-refractivity contribution in [1.82, 2.24) is 25.2 Å². The fourth-order valence-electron chi connectivity index (χ4n) is 1.66. The molecule has 3 rings (SSSR count). The minimum Gasteiger partial charge on any atom is -0.444 e. The number of hydrogen-bond acceptors (Lipinski definition) is 7. The van der Waals surface area contributed by atoms with Crippen molar-refractivity contribution in [2.75, 3.05) is 6.54 Å². The number of rotatable bonds is 5. The molecule has 0 saturated carbocycles. The van der Waals surface area contributed by atoms with E-state index in [9.17, 15) is 0 Å². The zero-order valence-corrected chi connectivity index (χ0v) is 11.9. The van der Waals surface area contributed by atoms with Gasteiger partial charge in [0.15, 0.2) is 10.4 Å². The molecule has 0 atom stereocenters. The first-order chi connectivity index (χ1) is 9.74. The maximum atomic E-state index is 5.51. The summed E-state index contributed by atoms with van der Waals surface area (Å²) in [5.41, 5.74) is 6.30. The summed E-state index contributed by atoms with van der Waals surface area (Å²) in [4.78, 5) is 0. The van der Waals surface area contributed by atoms with E-state index >= 15 is 0 Å². The van der Waals surface area contributed by atoms with E-state index in [1.165, 1.54) is 0 Å². The summed E-state index contributed by atoms with van der Waals surface area (Å²) in [6.07, 6.45) is 2.50. The van der Waals surface area contributed by atoms with Crippen LogP contribution < -0.4 is 5.73 Å². The molecule has 8 nitrogen and oxygen atoms in total. The topological polar surface area (TPSA) is 109 Å². The van der Waals surface area contributed by atoms with E-state index in [4.69, 9.17) is 14.6 Å². The highest BCUT2D eigenvalue weighted by Gasteiger charge is 2.13. The van der Waals surface area contributed by atoms with Crippen LogP contribution in [0.5, 0.6) is 0 Å². The third-order valence-electron chi connectivity index (χ3n) is 2.53. The molecule has 0 aliphatic rings. The van der Waals surface area contributed by atoms with Gasteiger partial charge in [-0.3, -0.25) is 0 Å². The maximum Gasteiger partial charge on any atom is 0.283 e. The van der Waals surface area contributed by atoms with Gasteiger partial charge in [0.2, 0.25) is 5.89 Å². The van der Waals surface area contributed by atoms with Crippen LogP contribution >= 0.6 is 15.9 Å². The molecule has 20 heavy (non-hydrogen) atoms. The Hall–Kier alpha value is -2.00. The van der Waals surface area contributed by atoms with Crippen molar-refractivity contribution < 1.29 is 8.83 Å². The molecule has 0 aliphatic carbocycles. The van der Waals surface area contributed by atoms with Gasteiger partial charge >= 0.3 is 0 Å². The van der Waals surface area contributed by atoms with Crippen LogP contribution in [0.2, 0.25) is 0 Å². The summed E-state index contributed by atoms with van der Waals surface area (Å²) in [5.74, 6) is 1.27. The van der Waals surface area contributed by atoms with Gasteiger partial charge in [0.1, 0.15) is 6.54 Å². The predicted molar refractivity (Wildman–Crippen MR) is 71.6 cm³/mol. The van der Waals surface area contributed by atoms with E-state index in [1.54, 1.807) is 23.0 Å². The Morgan fingerprint density at radius 2 is 2.10 bits per heavy atom. The van der Waals surface area contributed by atoms with Gasteiger partial charge in [-0.15, -0.1) is 15.3 Å². The fraction of sp³-hybridized carbons (Fsp3) is 0.273. The average molecular weight is 339 g/mol. The van der Waals surface area contributed by atoms with Crippen molar-refractivity contribution in [2.24, 2.45) is 5.73 Å². The van der Waals surface area contributed by atoms with Crippen molar-refractivity contribution in [3.8, 4) is 11.7 Å². The van der Waals surface area contributed by atoms with Gasteiger partial charge in [-0.05, 0) is 34.6 Å². The van der Waals surface area contributed by atoms with Gasteiger partial charge < -0.3 is 14.6 Å². The molecule has 0 aromatic carbocycles. The summed E-state index contributed by atoms with van der Waals surface area (Å²) in [5, 5.41) is 15.8. The maximum absolute atomic E-state index is 5.51. The number of nitrogens with two attached hydrogens (primary N) is 1. The van der Waals surface area contributed by atoms with Crippen LogP contribution in [0.4, 0.5) is 0 Å². The van der Waals surface area contributed by atoms with E-state index in [1.807, 2.05) is 0 Å². The highest BCUT2D eigenvalue weighted by molar-refractivity contribution is 9.10. The van der Waals surface area contributed by atoms with Crippen LogP contribution in [0.25, 0.3) is 11.7 Å². The SMILES string of the molecule is NCCc1cn(Cc2nnc(-c3ccc(Br)o3)o2)nn1. The minimum absolute atomic E-state index is 0.327. The summed E-state index contributed by atoms with van der Waals surface area (Å²) in [6, 6.07) is 3.51. The predicted octanol–water partition coefficient (Wildman–Crippen LogP) is 1.23. The number of hydrogen-bond donors (Lipinski definition) is 1. The van der Waals surface area contributed by atoms with E-state index in [-0.39, 0.29) is 0 Å². The Morgan fingerprint density at radius 1 is 1.20 bits per heavy atom. The molecule has 0 fully saturated rings. The van der Waals surface area contributed by atoms with Crippen LogP contribution in [0.15, 0.2) is 31.8 Å².